The quantitative estimate of drug-likeness (QED) is 0.489. The zero-order chi connectivity index (χ0) is 19.9. The van der Waals surface area contributed by atoms with Crippen LogP contribution in [0.4, 0.5) is 4.79 Å². The first-order valence-electron chi connectivity index (χ1n) is 9.29. The van der Waals surface area contributed by atoms with Gasteiger partial charge in [0.25, 0.3) is 0 Å². The molecular formula is C23H20N4OS. The zero-order valence-corrected chi connectivity index (χ0v) is 16.5. The zero-order valence-electron chi connectivity index (χ0n) is 15.7. The molecule has 0 bridgehead atoms. The summed E-state index contributed by atoms with van der Waals surface area (Å²) in [5.74, 6) is 0. The van der Waals surface area contributed by atoms with Crippen molar-refractivity contribution in [1.29, 1.82) is 0 Å². The van der Waals surface area contributed by atoms with Crippen LogP contribution < -0.4 is 10.6 Å². The summed E-state index contributed by atoms with van der Waals surface area (Å²) in [6.45, 7) is 0.360. The number of aromatic nitrogens is 2. The summed E-state index contributed by atoms with van der Waals surface area (Å²) >= 11 is 1.57. The average Bonchev–Trinajstić information content (AvgIpc) is 3.27. The lowest BCUT2D eigenvalue weighted by Crippen LogP contribution is -2.38. The number of carbonyl (C=O) groups is 1. The first-order chi connectivity index (χ1) is 14.3. The molecule has 4 aromatic rings. The Kier molecular flexibility index (Phi) is 5.92. The number of nitrogens with one attached hydrogen (secondary N) is 2. The second-order valence-electron chi connectivity index (χ2n) is 6.44. The number of pyridine rings is 1. The number of rotatable bonds is 6. The van der Waals surface area contributed by atoms with Crippen molar-refractivity contribution in [3.63, 3.8) is 0 Å². The predicted molar refractivity (Wildman–Crippen MR) is 115 cm³/mol. The van der Waals surface area contributed by atoms with Gasteiger partial charge in [-0.25, -0.2) is 9.78 Å². The van der Waals surface area contributed by atoms with E-state index in [1.54, 1.807) is 17.5 Å². The number of benzene rings is 2. The van der Waals surface area contributed by atoms with E-state index in [1.165, 1.54) is 0 Å². The van der Waals surface area contributed by atoms with Crippen LogP contribution in [-0.4, -0.2) is 16.0 Å². The summed E-state index contributed by atoms with van der Waals surface area (Å²) in [5, 5.41) is 8.83. The fourth-order valence-corrected chi connectivity index (χ4v) is 3.80. The molecule has 144 valence electrons. The Morgan fingerprint density at radius 3 is 2.38 bits per heavy atom. The van der Waals surface area contributed by atoms with E-state index in [2.05, 4.69) is 20.6 Å². The SMILES string of the molecule is O=C(NCc1csc(-c2ccccc2)n1)NC(c1ccccc1)c1ccccn1. The van der Waals surface area contributed by atoms with Crippen molar-refractivity contribution in [3.8, 4) is 10.6 Å². The fourth-order valence-electron chi connectivity index (χ4n) is 2.97. The molecule has 4 rings (SSSR count). The van der Waals surface area contributed by atoms with Gasteiger partial charge < -0.3 is 10.6 Å². The van der Waals surface area contributed by atoms with Gasteiger partial charge in [0.15, 0.2) is 0 Å². The maximum absolute atomic E-state index is 12.6. The van der Waals surface area contributed by atoms with E-state index in [1.807, 2.05) is 84.2 Å². The van der Waals surface area contributed by atoms with Gasteiger partial charge in [-0.05, 0) is 17.7 Å². The highest BCUT2D eigenvalue weighted by atomic mass is 32.1. The topological polar surface area (TPSA) is 66.9 Å². The Morgan fingerprint density at radius 2 is 1.66 bits per heavy atom. The van der Waals surface area contributed by atoms with Crippen molar-refractivity contribution in [2.45, 2.75) is 12.6 Å². The van der Waals surface area contributed by atoms with Crippen molar-refractivity contribution in [1.82, 2.24) is 20.6 Å². The normalized spacial score (nSPS) is 11.6. The smallest absolute Gasteiger partial charge is 0.315 e. The average molecular weight is 401 g/mol. The number of nitrogens with zero attached hydrogens (tertiary/aromatic N) is 2. The molecule has 0 fully saturated rings. The van der Waals surface area contributed by atoms with Crippen LogP contribution in [0.15, 0.2) is 90.4 Å². The van der Waals surface area contributed by atoms with Gasteiger partial charge in [0, 0.05) is 17.1 Å². The fraction of sp³-hybridized carbons (Fsp3) is 0.0870. The van der Waals surface area contributed by atoms with Gasteiger partial charge in [0.1, 0.15) is 5.01 Å². The lowest BCUT2D eigenvalue weighted by Gasteiger charge is -2.19. The molecule has 0 saturated carbocycles. The summed E-state index contributed by atoms with van der Waals surface area (Å²) in [6, 6.07) is 24.9. The van der Waals surface area contributed by atoms with Crippen molar-refractivity contribution >= 4 is 17.4 Å². The van der Waals surface area contributed by atoms with Crippen LogP contribution in [0.5, 0.6) is 0 Å². The number of amides is 2. The van der Waals surface area contributed by atoms with Gasteiger partial charge in [0.05, 0.1) is 24.0 Å². The molecule has 2 amide bonds. The van der Waals surface area contributed by atoms with Crippen LogP contribution in [0.2, 0.25) is 0 Å². The van der Waals surface area contributed by atoms with E-state index >= 15 is 0 Å². The van der Waals surface area contributed by atoms with E-state index in [0.29, 0.717) is 6.54 Å². The molecule has 5 nitrogen and oxygen atoms in total. The summed E-state index contributed by atoms with van der Waals surface area (Å²) < 4.78 is 0. The molecule has 1 atom stereocenters. The van der Waals surface area contributed by atoms with Crippen molar-refractivity contribution in [3.05, 3.63) is 107 Å². The van der Waals surface area contributed by atoms with Gasteiger partial charge in [0.2, 0.25) is 0 Å². The standard InChI is InChI=1S/C23H20N4OS/c28-23(25-15-19-16-29-22(26-19)18-11-5-2-6-12-18)27-21(17-9-3-1-4-10-17)20-13-7-8-14-24-20/h1-14,16,21H,15H2,(H2,25,27,28). The Balaban J connectivity index is 1.42. The van der Waals surface area contributed by atoms with E-state index in [9.17, 15) is 4.79 Å². The molecule has 0 spiro atoms. The van der Waals surface area contributed by atoms with E-state index in [-0.39, 0.29) is 12.1 Å². The van der Waals surface area contributed by atoms with Crippen LogP contribution in [0.1, 0.15) is 23.0 Å². The second-order valence-corrected chi connectivity index (χ2v) is 7.29. The number of urea groups is 1. The Hall–Kier alpha value is -3.51. The van der Waals surface area contributed by atoms with Crippen LogP contribution in [0, 0.1) is 0 Å². The lowest BCUT2D eigenvalue weighted by atomic mass is 10.0. The molecule has 1 unspecified atom stereocenters. The Bertz CT molecular complexity index is 1010. The third kappa shape index (κ3) is 4.86. The van der Waals surface area contributed by atoms with Crippen LogP contribution in [-0.2, 0) is 6.54 Å². The van der Waals surface area contributed by atoms with Gasteiger partial charge >= 0.3 is 6.03 Å². The summed E-state index contributed by atoms with van der Waals surface area (Å²) in [5.41, 5.74) is 3.67. The molecular weight excluding hydrogens is 380 g/mol. The van der Waals surface area contributed by atoms with Crippen LogP contribution in [0.25, 0.3) is 10.6 Å². The summed E-state index contributed by atoms with van der Waals surface area (Å²) in [7, 11) is 0. The van der Waals surface area contributed by atoms with Crippen molar-refractivity contribution in [2.24, 2.45) is 0 Å². The predicted octanol–water partition coefficient (Wildman–Crippen LogP) is 4.79. The third-order valence-electron chi connectivity index (χ3n) is 4.39. The number of hydrogen-bond donors (Lipinski definition) is 2. The molecule has 6 heteroatoms. The van der Waals surface area contributed by atoms with Crippen LogP contribution >= 0.6 is 11.3 Å². The molecule has 2 heterocycles. The first-order valence-corrected chi connectivity index (χ1v) is 10.2. The van der Waals surface area contributed by atoms with Gasteiger partial charge in [-0.1, -0.05) is 66.7 Å². The number of carbonyl (C=O) groups excluding carboxylic acids is 1. The highest BCUT2D eigenvalue weighted by Gasteiger charge is 2.17. The second kappa shape index (κ2) is 9.12. The summed E-state index contributed by atoms with van der Waals surface area (Å²) in [6.07, 6.45) is 1.73. The van der Waals surface area contributed by atoms with Crippen molar-refractivity contribution in [2.75, 3.05) is 0 Å². The molecule has 29 heavy (non-hydrogen) atoms. The number of hydrogen-bond acceptors (Lipinski definition) is 4. The Morgan fingerprint density at radius 1 is 0.931 bits per heavy atom. The minimum absolute atomic E-state index is 0.265. The van der Waals surface area contributed by atoms with Gasteiger partial charge in [-0.2, -0.15) is 0 Å². The molecule has 2 aromatic heterocycles. The monoisotopic (exact) mass is 400 g/mol. The maximum Gasteiger partial charge on any atom is 0.315 e. The first kappa shape index (κ1) is 18.8. The van der Waals surface area contributed by atoms with Crippen molar-refractivity contribution < 1.29 is 4.79 Å². The maximum atomic E-state index is 12.6. The molecule has 0 saturated heterocycles. The molecule has 0 aliphatic heterocycles. The Labute approximate surface area is 173 Å². The number of thiazole rings is 1. The minimum atomic E-state index is -0.326. The van der Waals surface area contributed by atoms with E-state index in [4.69, 9.17) is 0 Å². The largest absolute Gasteiger partial charge is 0.332 e. The molecule has 2 N–H and O–H groups in total. The highest BCUT2D eigenvalue weighted by molar-refractivity contribution is 7.13. The molecule has 2 aromatic carbocycles. The van der Waals surface area contributed by atoms with Gasteiger partial charge in [-0.3, -0.25) is 4.98 Å². The lowest BCUT2D eigenvalue weighted by molar-refractivity contribution is 0.238. The highest BCUT2D eigenvalue weighted by Crippen LogP contribution is 2.23. The van der Waals surface area contributed by atoms with Crippen LogP contribution in [0.3, 0.4) is 0 Å². The molecule has 0 aliphatic carbocycles. The third-order valence-corrected chi connectivity index (χ3v) is 5.33. The van der Waals surface area contributed by atoms with E-state index in [0.717, 1.165) is 27.5 Å². The molecule has 0 aliphatic rings. The summed E-state index contributed by atoms with van der Waals surface area (Å²) in [4.78, 5) is 21.6. The van der Waals surface area contributed by atoms with E-state index < -0.39 is 0 Å². The van der Waals surface area contributed by atoms with Gasteiger partial charge in [-0.15, -0.1) is 11.3 Å². The minimum Gasteiger partial charge on any atom is -0.332 e. The molecule has 0 radical (unpaired) electrons.